The smallest absolute Gasteiger partial charge is 0.273 e. The fourth-order valence-electron chi connectivity index (χ4n) is 4.11. The second-order valence-electron chi connectivity index (χ2n) is 9.94. The van der Waals surface area contributed by atoms with E-state index in [1.807, 2.05) is 40.2 Å². The number of pyridine rings is 1. The van der Waals surface area contributed by atoms with Gasteiger partial charge in [0.15, 0.2) is 5.69 Å². The van der Waals surface area contributed by atoms with Crippen LogP contribution >= 0.6 is 0 Å². The lowest BCUT2D eigenvalue weighted by Crippen LogP contribution is -2.40. The van der Waals surface area contributed by atoms with Crippen LogP contribution in [0.25, 0.3) is 11.1 Å². The highest BCUT2D eigenvalue weighted by molar-refractivity contribution is 5.91. The van der Waals surface area contributed by atoms with Gasteiger partial charge in [0.25, 0.3) is 5.91 Å². The minimum atomic E-state index is -0.233. The molecular formula is C26H35N7O2. The number of benzene rings is 1. The molecule has 3 aromatic rings. The number of likely N-dealkylation sites (N-methyl/N-ethyl adjacent to an activating group) is 1. The number of aryl methyl sites for hydroxylation is 1. The van der Waals surface area contributed by atoms with E-state index in [4.69, 9.17) is 4.74 Å². The molecule has 1 unspecified atom stereocenters. The maximum Gasteiger partial charge on any atom is 0.273 e. The van der Waals surface area contributed by atoms with Crippen LogP contribution in [0.3, 0.4) is 0 Å². The molecule has 9 heteroatoms. The summed E-state index contributed by atoms with van der Waals surface area (Å²) in [5, 5.41) is 14.4. The number of hydrogen-bond acceptors (Lipinski definition) is 7. The van der Waals surface area contributed by atoms with Crippen molar-refractivity contribution in [1.29, 1.82) is 0 Å². The Morgan fingerprint density at radius 3 is 2.80 bits per heavy atom. The lowest BCUT2D eigenvalue weighted by Gasteiger charge is -2.27. The molecule has 2 N–H and O–H groups in total. The first-order valence-corrected chi connectivity index (χ1v) is 12.0. The fourth-order valence-corrected chi connectivity index (χ4v) is 4.11. The van der Waals surface area contributed by atoms with E-state index in [-0.39, 0.29) is 17.5 Å². The molecule has 0 saturated carbocycles. The highest BCUT2D eigenvalue weighted by Gasteiger charge is 2.21. The summed E-state index contributed by atoms with van der Waals surface area (Å²) in [4.78, 5) is 19.3. The zero-order valence-electron chi connectivity index (χ0n) is 21.2. The van der Waals surface area contributed by atoms with E-state index in [1.54, 1.807) is 10.9 Å². The SMILES string of the molecule is CNC1COCCN(c2cnccc2-c2ccc(CNC(=O)c3cn(C(C)(C)C)nn3)c(C)c2)C1. The van der Waals surface area contributed by atoms with Crippen molar-refractivity contribution in [2.45, 2.75) is 45.8 Å². The average Bonchev–Trinajstić information content (AvgIpc) is 3.23. The predicted molar refractivity (Wildman–Crippen MR) is 136 cm³/mol. The minimum absolute atomic E-state index is 0.224. The second-order valence-corrected chi connectivity index (χ2v) is 9.94. The third-order valence-corrected chi connectivity index (χ3v) is 6.32. The maximum atomic E-state index is 12.6. The third-order valence-electron chi connectivity index (χ3n) is 6.32. The van der Waals surface area contributed by atoms with Gasteiger partial charge in [-0.15, -0.1) is 5.10 Å². The largest absolute Gasteiger partial charge is 0.378 e. The number of nitrogens with zero attached hydrogens (tertiary/aromatic N) is 5. The number of aromatic nitrogens is 4. The van der Waals surface area contributed by atoms with Crippen molar-refractivity contribution in [3.63, 3.8) is 0 Å². The van der Waals surface area contributed by atoms with Crippen LogP contribution in [0.1, 0.15) is 42.4 Å². The Bertz CT molecular complexity index is 1170. The van der Waals surface area contributed by atoms with Crippen LogP contribution in [0.4, 0.5) is 5.69 Å². The molecule has 0 bridgehead atoms. The average molecular weight is 478 g/mol. The summed E-state index contributed by atoms with van der Waals surface area (Å²) >= 11 is 0. The van der Waals surface area contributed by atoms with Crippen molar-refractivity contribution in [3.8, 4) is 11.1 Å². The van der Waals surface area contributed by atoms with Crippen molar-refractivity contribution in [3.05, 3.63) is 59.7 Å². The Hall–Kier alpha value is -3.30. The fraction of sp³-hybridized carbons (Fsp3) is 0.462. The number of nitrogens with one attached hydrogen (secondary N) is 2. The molecule has 35 heavy (non-hydrogen) atoms. The van der Waals surface area contributed by atoms with E-state index in [0.717, 1.165) is 41.0 Å². The van der Waals surface area contributed by atoms with E-state index in [1.165, 1.54) is 0 Å². The number of carbonyl (C=O) groups is 1. The van der Waals surface area contributed by atoms with Gasteiger partial charge in [-0.05, 0) is 57.5 Å². The van der Waals surface area contributed by atoms with Gasteiger partial charge in [0.2, 0.25) is 0 Å². The standard InChI is InChI=1S/C26H35N7O2/c1-18-12-19(22-8-9-28-14-24(22)32-10-11-35-17-21(15-32)27-5)6-7-20(18)13-29-25(34)23-16-33(31-30-23)26(2,3)4/h6-9,12,14,16,21,27H,10-11,13,15,17H2,1-5H3,(H,29,34). The Balaban J connectivity index is 1.49. The van der Waals surface area contributed by atoms with Crippen LogP contribution in [-0.2, 0) is 16.8 Å². The molecule has 4 rings (SSSR count). The van der Waals surface area contributed by atoms with Gasteiger partial charge in [-0.3, -0.25) is 9.78 Å². The number of hydrogen-bond donors (Lipinski definition) is 2. The molecule has 0 spiro atoms. The zero-order chi connectivity index (χ0) is 25.0. The molecule has 1 atom stereocenters. The molecule has 1 amide bonds. The van der Waals surface area contributed by atoms with Gasteiger partial charge in [-0.2, -0.15) is 0 Å². The highest BCUT2D eigenvalue weighted by Crippen LogP contribution is 2.32. The van der Waals surface area contributed by atoms with Crippen molar-refractivity contribution in [2.75, 3.05) is 38.3 Å². The van der Waals surface area contributed by atoms with E-state index in [9.17, 15) is 4.79 Å². The van der Waals surface area contributed by atoms with Crippen LogP contribution in [0.15, 0.2) is 42.9 Å². The molecule has 3 heterocycles. The molecule has 1 fully saturated rings. The van der Waals surface area contributed by atoms with Gasteiger partial charge >= 0.3 is 0 Å². The van der Waals surface area contributed by atoms with E-state index < -0.39 is 0 Å². The first-order chi connectivity index (χ1) is 16.8. The van der Waals surface area contributed by atoms with E-state index >= 15 is 0 Å². The molecule has 1 aliphatic rings. The molecule has 0 radical (unpaired) electrons. The van der Waals surface area contributed by atoms with Crippen LogP contribution in [-0.4, -0.2) is 65.3 Å². The van der Waals surface area contributed by atoms with Crippen molar-refractivity contribution in [1.82, 2.24) is 30.6 Å². The second kappa shape index (κ2) is 10.5. The van der Waals surface area contributed by atoms with Crippen LogP contribution in [0.5, 0.6) is 0 Å². The maximum absolute atomic E-state index is 12.6. The molecule has 1 aromatic carbocycles. The summed E-state index contributed by atoms with van der Waals surface area (Å²) in [6.07, 6.45) is 5.45. The van der Waals surface area contributed by atoms with Crippen molar-refractivity contribution >= 4 is 11.6 Å². The van der Waals surface area contributed by atoms with Gasteiger partial charge < -0.3 is 20.3 Å². The first-order valence-electron chi connectivity index (χ1n) is 12.0. The Kier molecular flexibility index (Phi) is 7.47. The summed E-state index contributed by atoms with van der Waals surface area (Å²) in [6.45, 7) is 11.6. The summed E-state index contributed by atoms with van der Waals surface area (Å²) in [5.41, 5.74) is 5.61. The summed E-state index contributed by atoms with van der Waals surface area (Å²) in [5.74, 6) is -0.233. The Morgan fingerprint density at radius 1 is 1.26 bits per heavy atom. The molecule has 186 valence electrons. The van der Waals surface area contributed by atoms with Crippen LogP contribution in [0.2, 0.25) is 0 Å². The van der Waals surface area contributed by atoms with E-state index in [2.05, 4.69) is 62.0 Å². The van der Waals surface area contributed by atoms with Crippen molar-refractivity contribution < 1.29 is 9.53 Å². The number of amides is 1. The minimum Gasteiger partial charge on any atom is -0.378 e. The number of ether oxygens (including phenoxy) is 1. The molecule has 9 nitrogen and oxygen atoms in total. The molecule has 1 aliphatic heterocycles. The van der Waals surface area contributed by atoms with Crippen LogP contribution < -0.4 is 15.5 Å². The van der Waals surface area contributed by atoms with Crippen molar-refractivity contribution in [2.24, 2.45) is 0 Å². The van der Waals surface area contributed by atoms with Gasteiger partial charge in [-0.1, -0.05) is 23.4 Å². The summed E-state index contributed by atoms with van der Waals surface area (Å²) in [6, 6.07) is 8.67. The number of carbonyl (C=O) groups excluding carboxylic acids is 1. The van der Waals surface area contributed by atoms with Gasteiger partial charge in [-0.25, -0.2) is 4.68 Å². The molecule has 1 saturated heterocycles. The lowest BCUT2D eigenvalue weighted by atomic mass is 9.99. The van der Waals surface area contributed by atoms with Gasteiger partial charge in [0.05, 0.1) is 36.8 Å². The zero-order valence-corrected chi connectivity index (χ0v) is 21.2. The number of rotatable bonds is 6. The van der Waals surface area contributed by atoms with Gasteiger partial charge in [0.1, 0.15) is 0 Å². The van der Waals surface area contributed by atoms with Crippen LogP contribution in [0, 0.1) is 6.92 Å². The Morgan fingerprint density at radius 2 is 2.09 bits per heavy atom. The third kappa shape index (κ3) is 5.86. The number of anilines is 1. The van der Waals surface area contributed by atoms with Gasteiger partial charge in [0, 0.05) is 37.4 Å². The van der Waals surface area contributed by atoms with E-state index in [0.29, 0.717) is 25.5 Å². The Labute approximate surface area is 206 Å². The monoisotopic (exact) mass is 477 g/mol. The molecule has 0 aliphatic carbocycles. The summed E-state index contributed by atoms with van der Waals surface area (Å²) in [7, 11) is 1.97. The topological polar surface area (TPSA) is 97.2 Å². The lowest BCUT2D eigenvalue weighted by molar-refractivity contribution is 0.0945. The molecular weight excluding hydrogens is 442 g/mol. The highest BCUT2D eigenvalue weighted by atomic mass is 16.5. The quantitative estimate of drug-likeness (QED) is 0.563. The normalized spacial score (nSPS) is 16.7. The first kappa shape index (κ1) is 24.8. The molecule has 2 aromatic heterocycles. The summed E-state index contributed by atoms with van der Waals surface area (Å²) < 4.78 is 7.46. The predicted octanol–water partition coefficient (Wildman–Crippen LogP) is 2.76.